The molecule has 0 radical (unpaired) electrons. The lowest BCUT2D eigenvalue weighted by atomic mass is 9.84. The van der Waals surface area contributed by atoms with E-state index in [2.05, 4.69) is 25.7 Å². The summed E-state index contributed by atoms with van der Waals surface area (Å²) in [5.74, 6) is -2.07. The molecule has 2 saturated heterocycles. The number of hydrogen-bond donors (Lipinski definition) is 0. The molecule has 0 bridgehead atoms. The summed E-state index contributed by atoms with van der Waals surface area (Å²) in [5, 5.41) is 0.568. The lowest BCUT2D eigenvalue weighted by Crippen LogP contribution is -2.44. The van der Waals surface area contributed by atoms with Gasteiger partial charge in [0, 0.05) is 48.7 Å². The van der Waals surface area contributed by atoms with E-state index in [1.807, 2.05) is 23.1 Å². The van der Waals surface area contributed by atoms with Crippen molar-refractivity contribution in [3.05, 3.63) is 69.7 Å². The SMILES string of the molecule is COC(=O)Cc1cc(Cl)ccc1C1CCN(C(=O)C2CN(C(C)(C)C)CC2c2ccc(F)cc2F)CC1. The number of amides is 1. The average molecular weight is 533 g/mol. The largest absolute Gasteiger partial charge is 0.469 e. The Morgan fingerprint density at radius 3 is 2.32 bits per heavy atom. The molecule has 0 aromatic heterocycles. The molecule has 200 valence electrons. The standard InChI is InChI=1S/C29H35ClF2N2O3/c1-29(2,3)34-16-24(23-8-6-21(31)15-26(23)32)25(17-34)28(36)33-11-9-18(10-12-33)22-7-5-20(30)13-19(22)14-27(35)37-4/h5-8,13,15,18,24-25H,9-12,14,16-17H2,1-4H3. The van der Waals surface area contributed by atoms with Gasteiger partial charge in [-0.25, -0.2) is 8.78 Å². The van der Waals surface area contributed by atoms with Crippen LogP contribution >= 0.6 is 11.6 Å². The predicted molar refractivity (Wildman–Crippen MR) is 140 cm³/mol. The quantitative estimate of drug-likeness (QED) is 0.473. The van der Waals surface area contributed by atoms with E-state index in [0.29, 0.717) is 36.8 Å². The number of hydrogen-bond acceptors (Lipinski definition) is 4. The molecular formula is C29H35ClF2N2O3. The van der Waals surface area contributed by atoms with Gasteiger partial charge in [0.05, 0.1) is 19.4 Å². The monoisotopic (exact) mass is 532 g/mol. The second-order valence-electron chi connectivity index (χ2n) is 11.2. The summed E-state index contributed by atoms with van der Waals surface area (Å²) >= 11 is 6.19. The number of carbonyl (C=O) groups is 2. The van der Waals surface area contributed by atoms with Gasteiger partial charge in [0.1, 0.15) is 11.6 Å². The second kappa shape index (κ2) is 11.1. The van der Waals surface area contributed by atoms with Crippen LogP contribution in [0.15, 0.2) is 36.4 Å². The van der Waals surface area contributed by atoms with Crippen LogP contribution in [0.4, 0.5) is 8.78 Å². The maximum absolute atomic E-state index is 14.8. The zero-order valence-electron chi connectivity index (χ0n) is 21.9. The van der Waals surface area contributed by atoms with Crippen LogP contribution in [0.3, 0.4) is 0 Å². The van der Waals surface area contributed by atoms with Crippen molar-refractivity contribution in [2.24, 2.45) is 5.92 Å². The molecular weight excluding hydrogens is 498 g/mol. The normalized spacial score (nSPS) is 21.3. The summed E-state index contributed by atoms with van der Waals surface area (Å²) in [6, 6.07) is 9.26. The van der Waals surface area contributed by atoms with E-state index in [1.165, 1.54) is 19.2 Å². The van der Waals surface area contributed by atoms with E-state index in [4.69, 9.17) is 16.3 Å². The molecule has 2 heterocycles. The maximum Gasteiger partial charge on any atom is 0.309 e. The first-order valence-corrected chi connectivity index (χ1v) is 13.2. The Bertz CT molecular complexity index is 1160. The van der Waals surface area contributed by atoms with Gasteiger partial charge < -0.3 is 9.64 Å². The molecule has 0 N–H and O–H groups in total. The molecule has 0 aliphatic carbocycles. The van der Waals surface area contributed by atoms with Crippen LogP contribution in [0.25, 0.3) is 0 Å². The van der Waals surface area contributed by atoms with E-state index < -0.39 is 17.6 Å². The van der Waals surface area contributed by atoms with E-state index in [0.717, 1.165) is 30.0 Å². The van der Waals surface area contributed by atoms with Gasteiger partial charge in [-0.3, -0.25) is 14.5 Å². The molecule has 1 amide bonds. The second-order valence-corrected chi connectivity index (χ2v) is 11.6. The molecule has 37 heavy (non-hydrogen) atoms. The fourth-order valence-electron chi connectivity index (χ4n) is 5.72. The third-order valence-electron chi connectivity index (χ3n) is 7.86. The zero-order valence-corrected chi connectivity index (χ0v) is 22.7. The third-order valence-corrected chi connectivity index (χ3v) is 8.10. The average Bonchev–Trinajstić information content (AvgIpc) is 3.29. The topological polar surface area (TPSA) is 49.9 Å². The molecule has 2 unspecified atom stereocenters. The van der Waals surface area contributed by atoms with Gasteiger partial charge in [0.15, 0.2) is 0 Å². The van der Waals surface area contributed by atoms with Crippen LogP contribution in [-0.2, 0) is 20.7 Å². The van der Waals surface area contributed by atoms with E-state index >= 15 is 0 Å². The fraction of sp³-hybridized carbons (Fsp3) is 0.517. The Morgan fingerprint density at radius 1 is 1.03 bits per heavy atom. The number of nitrogens with zero attached hydrogens (tertiary/aromatic N) is 2. The lowest BCUT2D eigenvalue weighted by Gasteiger charge is -2.36. The first kappa shape index (κ1) is 27.5. The summed E-state index contributed by atoms with van der Waals surface area (Å²) < 4.78 is 33.3. The van der Waals surface area contributed by atoms with Crippen LogP contribution in [0.2, 0.25) is 5.02 Å². The van der Waals surface area contributed by atoms with Crippen molar-refractivity contribution in [1.82, 2.24) is 9.80 Å². The van der Waals surface area contributed by atoms with Crippen molar-refractivity contribution < 1.29 is 23.1 Å². The predicted octanol–water partition coefficient (Wildman–Crippen LogP) is 5.55. The van der Waals surface area contributed by atoms with E-state index in [9.17, 15) is 18.4 Å². The van der Waals surface area contributed by atoms with Crippen molar-refractivity contribution in [2.75, 3.05) is 33.3 Å². The Morgan fingerprint density at radius 2 is 1.70 bits per heavy atom. The Hall–Kier alpha value is -2.51. The number of carbonyl (C=O) groups excluding carboxylic acids is 2. The molecule has 5 nitrogen and oxygen atoms in total. The van der Waals surface area contributed by atoms with Crippen molar-refractivity contribution in [3.63, 3.8) is 0 Å². The van der Waals surface area contributed by atoms with Crippen molar-refractivity contribution >= 4 is 23.5 Å². The van der Waals surface area contributed by atoms with Gasteiger partial charge in [-0.2, -0.15) is 0 Å². The highest BCUT2D eigenvalue weighted by Crippen LogP contribution is 2.40. The van der Waals surface area contributed by atoms with Gasteiger partial charge >= 0.3 is 5.97 Å². The highest BCUT2D eigenvalue weighted by molar-refractivity contribution is 6.30. The molecule has 2 aromatic rings. The molecule has 0 saturated carbocycles. The minimum Gasteiger partial charge on any atom is -0.469 e. The number of halogens is 3. The number of methoxy groups -OCH3 is 1. The van der Waals surface area contributed by atoms with Gasteiger partial charge in [0.2, 0.25) is 5.91 Å². The molecule has 8 heteroatoms. The molecule has 2 atom stereocenters. The van der Waals surface area contributed by atoms with Crippen molar-refractivity contribution in [2.45, 2.75) is 57.4 Å². The van der Waals surface area contributed by atoms with Crippen molar-refractivity contribution in [1.29, 1.82) is 0 Å². The Kier molecular flexibility index (Phi) is 8.24. The van der Waals surface area contributed by atoms with Crippen LogP contribution in [-0.4, -0.2) is 60.5 Å². The van der Waals surface area contributed by atoms with Gasteiger partial charge in [-0.1, -0.05) is 23.7 Å². The van der Waals surface area contributed by atoms with Crippen LogP contribution in [0, 0.1) is 17.6 Å². The summed E-state index contributed by atoms with van der Waals surface area (Å²) in [5.41, 5.74) is 2.14. The summed E-state index contributed by atoms with van der Waals surface area (Å²) in [7, 11) is 1.37. The fourth-order valence-corrected chi connectivity index (χ4v) is 5.91. The lowest BCUT2D eigenvalue weighted by molar-refractivity contribution is -0.139. The molecule has 2 aliphatic heterocycles. The number of likely N-dealkylation sites (tertiary alicyclic amines) is 2. The Balaban J connectivity index is 1.51. The summed E-state index contributed by atoms with van der Waals surface area (Å²) in [6.07, 6.45) is 1.67. The van der Waals surface area contributed by atoms with Crippen LogP contribution in [0.5, 0.6) is 0 Å². The van der Waals surface area contributed by atoms with Gasteiger partial charge in [-0.05, 0) is 74.4 Å². The zero-order chi connectivity index (χ0) is 26.9. The first-order valence-electron chi connectivity index (χ1n) is 12.8. The Labute approximate surface area is 222 Å². The molecule has 2 aliphatic rings. The molecule has 0 spiro atoms. The van der Waals surface area contributed by atoms with Crippen LogP contribution in [0.1, 0.15) is 62.1 Å². The minimum atomic E-state index is -0.620. The molecule has 4 rings (SSSR count). The summed E-state index contributed by atoms with van der Waals surface area (Å²) in [6.45, 7) is 8.48. The highest BCUT2D eigenvalue weighted by Gasteiger charge is 2.44. The smallest absolute Gasteiger partial charge is 0.309 e. The summed E-state index contributed by atoms with van der Waals surface area (Å²) in [4.78, 5) is 29.8. The van der Waals surface area contributed by atoms with Crippen LogP contribution < -0.4 is 0 Å². The van der Waals surface area contributed by atoms with E-state index in [-0.39, 0.29) is 35.7 Å². The van der Waals surface area contributed by atoms with E-state index in [1.54, 1.807) is 0 Å². The number of ether oxygens (including phenoxy) is 1. The highest BCUT2D eigenvalue weighted by atomic mass is 35.5. The first-order chi connectivity index (χ1) is 17.5. The number of benzene rings is 2. The maximum atomic E-state index is 14.8. The number of esters is 1. The third kappa shape index (κ3) is 6.15. The molecule has 2 fully saturated rings. The minimum absolute atomic E-state index is 0.0183. The number of rotatable bonds is 5. The number of piperidine rings is 1. The van der Waals surface area contributed by atoms with Crippen molar-refractivity contribution in [3.8, 4) is 0 Å². The van der Waals surface area contributed by atoms with Gasteiger partial charge in [0.25, 0.3) is 0 Å². The van der Waals surface area contributed by atoms with Gasteiger partial charge in [-0.15, -0.1) is 0 Å². The molecule has 2 aromatic carbocycles.